The Balaban J connectivity index is 1.60. The number of ether oxygens (including phenoxy) is 2. The number of carbonyl (C=O) groups is 1. The Morgan fingerprint density at radius 2 is 1.70 bits per heavy atom. The van der Waals surface area contributed by atoms with Crippen LogP contribution in [0.4, 0.5) is 10.5 Å². The Morgan fingerprint density at radius 3 is 2.48 bits per heavy atom. The minimum atomic E-state index is -0.266. The molecule has 5 rings (SSSR count). The van der Waals surface area contributed by atoms with Crippen molar-refractivity contribution in [2.45, 2.75) is 12.6 Å². The number of rotatable bonds is 4. The molecule has 0 spiro atoms. The highest BCUT2D eigenvalue weighted by molar-refractivity contribution is 5.92. The van der Waals surface area contributed by atoms with E-state index in [4.69, 9.17) is 9.47 Å². The average Bonchev–Trinajstić information content (AvgIpc) is 3.29. The lowest BCUT2D eigenvalue weighted by molar-refractivity contribution is 0.194. The van der Waals surface area contributed by atoms with Crippen LogP contribution in [0.3, 0.4) is 0 Å². The van der Waals surface area contributed by atoms with Gasteiger partial charge < -0.3 is 24.3 Å². The van der Waals surface area contributed by atoms with Gasteiger partial charge in [-0.2, -0.15) is 0 Å². The number of hydrogen-bond donors (Lipinski definition) is 1. The van der Waals surface area contributed by atoms with Gasteiger partial charge in [0, 0.05) is 18.0 Å². The van der Waals surface area contributed by atoms with Gasteiger partial charge in [0.2, 0.25) is 0 Å². The van der Waals surface area contributed by atoms with Crippen molar-refractivity contribution in [1.29, 1.82) is 0 Å². The number of fused-ring (bicyclic) bond motifs is 3. The SMILES string of the molecule is COc1ccc(NC(=O)N2Cc3ccccc3-n3cccc3C2c2ccccc2)c(OC)c1. The monoisotopic (exact) mass is 439 g/mol. The first-order valence-corrected chi connectivity index (χ1v) is 10.8. The van der Waals surface area contributed by atoms with Crippen LogP contribution < -0.4 is 14.8 Å². The van der Waals surface area contributed by atoms with Crippen molar-refractivity contribution in [1.82, 2.24) is 9.47 Å². The summed E-state index contributed by atoms with van der Waals surface area (Å²) < 4.78 is 13.0. The lowest BCUT2D eigenvalue weighted by Gasteiger charge is -2.31. The highest BCUT2D eigenvalue weighted by Crippen LogP contribution is 2.37. The second-order valence-corrected chi connectivity index (χ2v) is 7.87. The minimum absolute atomic E-state index is 0.211. The number of para-hydroxylation sites is 1. The summed E-state index contributed by atoms with van der Waals surface area (Å²) in [6, 6.07) is 27.3. The van der Waals surface area contributed by atoms with Gasteiger partial charge in [-0.15, -0.1) is 0 Å². The quantitative estimate of drug-likeness (QED) is 0.448. The fraction of sp³-hybridized carbons (Fsp3) is 0.148. The molecule has 2 amide bonds. The number of amides is 2. The number of urea groups is 1. The largest absolute Gasteiger partial charge is 0.497 e. The van der Waals surface area contributed by atoms with E-state index in [-0.39, 0.29) is 12.1 Å². The van der Waals surface area contributed by atoms with Crippen molar-refractivity contribution in [3.63, 3.8) is 0 Å². The Hall–Kier alpha value is -4.19. The molecule has 33 heavy (non-hydrogen) atoms. The predicted molar refractivity (Wildman–Crippen MR) is 128 cm³/mol. The molecule has 2 heterocycles. The smallest absolute Gasteiger partial charge is 0.323 e. The molecule has 0 saturated heterocycles. The Kier molecular flexibility index (Phi) is 5.48. The van der Waals surface area contributed by atoms with Crippen LogP contribution in [0.2, 0.25) is 0 Å². The summed E-state index contributed by atoms with van der Waals surface area (Å²) in [4.78, 5) is 15.7. The maximum atomic E-state index is 13.8. The van der Waals surface area contributed by atoms with Crippen LogP contribution in [0.25, 0.3) is 5.69 Å². The van der Waals surface area contributed by atoms with Crippen LogP contribution in [-0.2, 0) is 6.54 Å². The number of aromatic nitrogens is 1. The topological polar surface area (TPSA) is 55.7 Å². The van der Waals surface area contributed by atoms with Crippen LogP contribution >= 0.6 is 0 Å². The molecule has 6 nitrogen and oxygen atoms in total. The van der Waals surface area contributed by atoms with Crippen molar-refractivity contribution >= 4 is 11.7 Å². The fourth-order valence-corrected chi connectivity index (χ4v) is 4.41. The second-order valence-electron chi connectivity index (χ2n) is 7.87. The molecule has 4 aromatic rings. The number of nitrogens with zero attached hydrogens (tertiary/aromatic N) is 2. The maximum absolute atomic E-state index is 13.8. The average molecular weight is 440 g/mol. The van der Waals surface area contributed by atoms with Crippen LogP contribution in [0.15, 0.2) is 91.1 Å². The van der Waals surface area contributed by atoms with Crippen molar-refractivity contribution in [2.75, 3.05) is 19.5 Å². The van der Waals surface area contributed by atoms with E-state index >= 15 is 0 Å². The van der Waals surface area contributed by atoms with Crippen molar-refractivity contribution in [3.05, 3.63) is 108 Å². The molecule has 1 N–H and O–H groups in total. The van der Waals surface area contributed by atoms with Gasteiger partial charge in [0.15, 0.2) is 0 Å². The van der Waals surface area contributed by atoms with Gasteiger partial charge in [0.05, 0.1) is 38.2 Å². The molecule has 1 aromatic heterocycles. The summed E-state index contributed by atoms with van der Waals surface area (Å²) in [7, 11) is 3.17. The van der Waals surface area contributed by atoms with Gasteiger partial charge >= 0.3 is 6.03 Å². The molecule has 6 heteroatoms. The number of anilines is 1. The van der Waals surface area contributed by atoms with Gasteiger partial charge in [-0.3, -0.25) is 0 Å². The van der Waals surface area contributed by atoms with Gasteiger partial charge in [0.1, 0.15) is 11.5 Å². The van der Waals surface area contributed by atoms with Gasteiger partial charge in [-0.05, 0) is 41.5 Å². The molecule has 166 valence electrons. The standard InChI is InChI=1S/C27H25N3O3/c1-32-21-14-15-22(25(17-21)33-2)28-27(31)30-18-20-11-6-7-12-23(20)29-16-8-13-24(29)26(30)19-9-4-3-5-10-19/h3-17,26H,18H2,1-2H3,(H,28,31). The fourth-order valence-electron chi connectivity index (χ4n) is 4.41. The van der Waals surface area contributed by atoms with E-state index in [2.05, 4.69) is 46.4 Å². The van der Waals surface area contributed by atoms with E-state index in [1.807, 2.05) is 41.3 Å². The zero-order valence-electron chi connectivity index (χ0n) is 18.6. The van der Waals surface area contributed by atoms with Crippen LogP contribution in [-0.4, -0.2) is 29.7 Å². The summed E-state index contributed by atoms with van der Waals surface area (Å²) >= 11 is 0. The summed E-state index contributed by atoms with van der Waals surface area (Å²) in [5, 5.41) is 3.06. The molecule has 0 radical (unpaired) electrons. The van der Waals surface area contributed by atoms with E-state index in [0.717, 1.165) is 22.5 Å². The van der Waals surface area contributed by atoms with Crippen LogP contribution in [0.5, 0.6) is 11.5 Å². The molecule has 0 bridgehead atoms. The number of benzene rings is 3. The predicted octanol–water partition coefficient (Wildman–Crippen LogP) is 5.63. The van der Waals surface area contributed by atoms with Crippen molar-refractivity contribution < 1.29 is 14.3 Å². The van der Waals surface area contributed by atoms with E-state index in [9.17, 15) is 4.79 Å². The normalized spacial score (nSPS) is 14.6. The molecular formula is C27H25N3O3. The van der Waals surface area contributed by atoms with Gasteiger partial charge in [0.25, 0.3) is 0 Å². The number of carbonyl (C=O) groups excluding carboxylic acids is 1. The molecule has 0 fully saturated rings. The number of methoxy groups -OCH3 is 2. The molecule has 1 aliphatic heterocycles. The zero-order chi connectivity index (χ0) is 22.8. The van der Waals surface area contributed by atoms with Crippen LogP contribution in [0, 0.1) is 0 Å². The lowest BCUT2D eigenvalue weighted by Crippen LogP contribution is -2.38. The molecule has 1 aliphatic rings. The Labute approximate surface area is 193 Å². The zero-order valence-corrected chi connectivity index (χ0v) is 18.6. The minimum Gasteiger partial charge on any atom is -0.497 e. The highest BCUT2D eigenvalue weighted by Gasteiger charge is 2.33. The van der Waals surface area contributed by atoms with Gasteiger partial charge in [-0.25, -0.2) is 4.79 Å². The first-order chi connectivity index (χ1) is 16.2. The first-order valence-electron chi connectivity index (χ1n) is 10.8. The summed E-state index contributed by atoms with van der Waals surface area (Å²) in [5.74, 6) is 1.20. The highest BCUT2D eigenvalue weighted by atomic mass is 16.5. The third kappa shape index (κ3) is 3.80. The molecule has 0 saturated carbocycles. The van der Waals surface area contributed by atoms with Gasteiger partial charge in [-0.1, -0.05) is 48.5 Å². The Bertz CT molecular complexity index is 1280. The number of hydrogen-bond acceptors (Lipinski definition) is 3. The molecule has 0 aliphatic carbocycles. The third-order valence-corrected chi connectivity index (χ3v) is 5.99. The van der Waals surface area contributed by atoms with Crippen molar-refractivity contribution in [3.8, 4) is 17.2 Å². The molecular weight excluding hydrogens is 414 g/mol. The van der Waals surface area contributed by atoms with E-state index < -0.39 is 0 Å². The third-order valence-electron chi connectivity index (χ3n) is 5.99. The van der Waals surface area contributed by atoms with Crippen molar-refractivity contribution in [2.24, 2.45) is 0 Å². The van der Waals surface area contributed by atoms with E-state index in [1.165, 1.54) is 0 Å². The summed E-state index contributed by atoms with van der Waals surface area (Å²) in [6.45, 7) is 0.460. The molecule has 1 unspecified atom stereocenters. The van der Waals surface area contributed by atoms with Crippen LogP contribution in [0.1, 0.15) is 22.9 Å². The molecule has 3 aromatic carbocycles. The summed E-state index contributed by atoms with van der Waals surface area (Å²) in [5.41, 5.74) is 4.81. The summed E-state index contributed by atoms with van der Waals surface area (Å²) in [6.07, 6.45) is 2.05. The Morgan fingerprint density at radius 1 is 0.909 bits per heavy atom. The maximum Gasteiger partial charge on any atom is 0.323 e. The van der Waals surface area contributed by atoms with E-state index in [1.54, 1.807) is 32.4 Å². The van der Waals surface area contributed by atoms with E-state index in [0.29, 0.717) is 23.7 Å². The number of nitrogens with one attached hydrogen (secondary N) is 1. The molecule has 1 atom stereocenters. The second kappa shape index (κ2) is 8.74. The lowest BCUT2D eigenvalue weighted by atomic mass is 10.0. The first kappa shape index (κ1) is 20.7.